The molecule has 2 rings (SSSR count). The molecule has 0 amide bonds. The van der Waals surface area contributed by atoms with Crippen molar-refractivity contribution in [2.45, 2.75) is 13.8 Å². The van der Waals surface area contributed by atoms with E-state index in [2.05, 4.69) is 21.8 Å². The Labute approximate surface area is 157 Å². The van der Waals surface area contributed by atoms with Crippen LogP contribution in [0.15, 0.2) is 41.5 Å². The Balaban J connectivity index is 0.000000442. The number of phenolic OH excluding ortho intramolecular Hbond substituents is 4. The zero-order chi connectivity index (χ0) is 21.0. The van der Waals surface area contributed by atoms with Crippen molar-refractivity contribution in [3.05, 3.63) is 47.5 Å². The van der Waals surface area contributed by atoms with Crippen molar-refractivity contribution in [3.8, 4) is 23.0 Å². The first-order valence-electron chi connectivity index (χ1n) is 7.81. The molecule has 0 radical (unpaired) electrons. The van der Waals surface area contributed by atoms with Crippen LogP contribution in [0.25, 0.3) is 0 Å². The smallest absolute Gasteiger partial charge is 0.163 e. The van der Waals surface area contributed by atoms with E-state index in [0.717, 1.165) is 6.07 Å². The highest BCUT2D eigenvalue weighted by Gasteiger charge is 2.05. The highest BCUT2D eigenvalue weighted by Crippen LogP contribution is 2.23. The van der Waals surface area contributed by atoms with Gasteiger partial charge in [-0.15, -0.1) is 0 Å². The summed E-state index contributed by atoms with van der Waals surface area (Å²) in [6.07, 6.45) is 0. The zero-order valence-corrected chi connectivity index (χ0v) is 15.7. The molecule has 8 N–H and O–H groups in total. The highest BCUT2D eigenvalue weighted by atomic mass is 16.3. The van der Waals surface area contributed by atoms with E-state index < -0.39 is 0 Å². The normalized spacial score (nSPS) is 10.0. The molecular formula is C18H26N4O5. The third-order valence-corrected chi connectivity index (χ3v) is 3.01. The number of nitrogens with zero attached hydrogens (tertiary/aromatic N) is 1. The molecule has 0 aromatic heterocycles. The van der Waals surface area contributed by atoms with Gasteiger partial charge in [0.2, 0.25) is 0 Å². The van der Waals surface area contributed by atoms with Gasteiger partial charge in [-0.1, -0.05) is 0 Å². The van der Waals surface area contributed by atoms with Gasteiger partial charge in [-0.2, -0.15) is 5.10 Å². The lowest BCUT2D eigenvalue weighted by molar-refractivity contribution is 0.101. The molecule has 0 aliphatic carbocycles. The fourth-order valence-electron chi connectivity index (χ4n) is 1.87. The molecule has 0 saturated carbocycles. The molecule has 9 heteroatoms. The van der Waals surface area contributed by atoms with Gasteiger partial charge >= 0.3 is 0 Å². The van der Waals surface area contributed by atoms with E-state index in [0.29, 0.717) is 11.3 Å². The van der Waals surface area contributed by atoms with Gasteiger partial charge in [0.15, 0.2) is 5.78 Å². The maximum Gasteiger partial charge on any atom is 0.163 e. The van der Waals surface area contributed by atoms with Gasteiger partial charge in [0.05, 0.1) is 11.3 Å². The molecule has 148 valence electrons. The molecule has 0 aliphatic rings. The largest absolute Gasteiger partial charge is 0.508 e. The SMILES string of the molecule is CC(=O)c1ccc(O)cc1O.CN/N=C(\C)c1ccc(O)cc1O.CNN. The van der Waals surface area contributed by atoms with Crippen LogP contribution in [0.2, 0.25) is 0 Å². The van der Waals surface area contributed by atoms with Crippen molar-refractivity contribution in [1.82, 2.24) is 10.9 Å². The predicted octanol–water partition coefficient (Wildman–Crippen LogP) is 1.42. The number of carbonyl (C=O) groups is 1. The van der Waals surface area contributed by atoms with Gasteiger partial charge in [-0.25, -0.2) is 0 Å². The van der Waals surface area contributed by atoms with Crippen LogP contribution in [-0.4, -0.2) is 46.0 Å². The number of phenols is 4. The summed E-state index contributed by atoms with van der Waals surface area (Å²) < 4.78 is 0. The van der Waals surface area contributed by atoms with Crippen LogP contribution in [0.1, 0.15) is 29.8 Å². The van der Waals surface area contributed by atoms with Crippen molar-refractivity contribution in [3.63, 3.8) is 0 Å². The zero-order valence-electron chi connectivity index (χ0n) is 15.7. The molecule has 9 nitrogen and oxygen atoms in total. The molecule has 0 fully saturated rings. The molecule has 27 heavy (non-hydrogen) atoms. The molecule has 0 atom stereocenters. The lowest BCUT2D eigenvalue weighted by Gasteiger charge is -2.03. The summed E-state index contributed by atoms with van der Waals surface area (Å²) in [6, 6.07) is 8.27. The summed E-state index contributed by atoms with van der Waals surface area (Å²) in [6.45, 7) is 3.12. The molecule has 0 aliphatic heterocycles. The summed E-state index contributed by atoms with van der Waals surface area (Å²) in [7, 11) is 3.33. The standard InChI is InChI=1S/C9H12N2O2.C8H8O3.CH6N2/c1-6(11-10-2)8-4-3-7(12)5-9(8)13;1-5(9)7-3-2-6(10)4-8(7)11;1-3-2/h3-5,10,12-13H,1-2H3;2-4,10-11H,1H3;3H,2H2,1H3/b11-6+;;. The molecule has 0 bridgehead atoms. The minimum absolute atomic E-state index is 0.0245. The van der Waals surface area contributed by atoms with Gasteiger partial charge in [-0.3, -0.25) is 16.1 Å². The average molecular weight is 378 g/mol. The minimum atomic E-state index is -0.220. The van der Waals surface area contributed by atoms with E-state index in [1.54, 1.807) is 27.1 Å². The minimum Gasteiger partial charge on any atom is -0.508 e. The first kappa shape index (κ1) is 23.7. The van der Waals surface area contributed by atoms with Crippen LogP contribution in [0.5, 0.6) is 23.0 Å². The van der Waals surface area contributed by atoms with Gasteiger partial charge in [0.1, 0.15) is 23.0 Å². The van der Waals surface area contributed by atoms with E-state index in [-0.39, 0.29) is 34.3 Å². The number of hydrazone groups is 1. The molecule has 2 aromatic rings. The number of carbonyl (C=O) groups excluding carboxylic acids is 1. The molecular weight excluding hydrogens is 352 g/mol. The van der Waals surface area contributed by atoms with Crippen molar-refractivity contribution < 1.29 is 25.2 Å². The van der Waals surface area contributed by atoms with Gasteiger partial charge in [0.25, 0.3) is 0 Å². The summed E-state index contributed by atoms with van der Waals surface area (Å²) >= 11 is 0. The first-order chi connectivity index (χ1) is 12.7. The topological polar surface area (TPSA) is 160 Å². The van der Waals surface area contributed by atoms with Crippen LogP contribution in [-0.2, 0) is 0 Å². The van der Waals surface area contributed by atoms with Crippen LogP contribution in [0, 0.1) is 0 Å². The summed E-state index contributed by atoms with van der Waals surface area (Å²) in [4.78, 5) is 10.7. The lowest BCUT2D eigenvalue weighted by atomic mass is 10.1. The highest BCUT2D eigenvalue weighted by molar-refractivity contribution is 6.01. The van der Waals surface area contributed by atoms with Crippen molar-refractivity contribution in [1.29, 1.82) is 0 Å². The van der Waals surface area contributed by atoms with E-state index in [4.69, 9.17) is 15.3 Å². The number of nitrogens with two attached hydrogens (primary N) is 1. The number of ketones is 1. The second kappa shape index (κ2) is 12.1. The third kappa shape index (κ3) is 8.56. The summed E-state index contributed by atoms with van der Waals surface area (Å²) in [5, 5.41) is 40.3. The first-order valence-corrected chi connectivity index (χ1v) is 7.81. The number of benzene rings is 2. The Morgan fingerprint density at radius 2 is 1.30 bits per heavy atom. The van der Waals surface area contributed by atoms with Gasteiger partial charge in [-0.05, 0) is 45.2 Å². The molecule has 2 aromatic carbocycles. The third-order valence-electron chi connectivity index (χ3n) is 3.01. The van der Waals surface area contributed by atoms with Gasteiger partial charge in [0, 0.05) is 24.7 Å². The van der Waals surface area contributed by atoms with Crippen LogP contribution < -0.4 is 16.7 Å². The molecule has 0 spiro atoms. The number of aromatic hydroxyl groups is 4. The second-order valence-corrected chi connectivity index (χ2v) is 5.17. The lowest BCUT2D eigenvalue weighted by Crippen LogP contribution is -2.13. The van der Waals surface area contributed by atoms with Crippen molar-refractivity contribution in [2.24, 2.45) is 10.9 Å². The maximum atomic E-state index is 10.7. The van der Waals surface area contributed by atoms with Crippen LogP contribution in [0.4, 0.5) is 0 Å². The Hall–Kier alpha value is -3.30. The molecule has 0 heterocycles. The Kier molecular flexibility index (Phi) is 10.6. The molecule has 0 unspecified atom stereocenters. The van der Waals surface area contributed by atoms with E-state index in [9.17, 15) is 9.90 Å². The van der Waals surface area contributed by atoms with Crippen molar-refractivity contribution in [2.75, 3.05) is 14.1 Å². The fraction of sp³-hybridized carbons (Fsp3) is 0.222. The number of hydrogen-bond donors (Lipinski definition) is 7. The number of nitrogens with one attached hydrogen (secondary N) is 2. The predicted molar refractivity (Wildman–Crippen MR) is 104 cm³/mol. The Morgan fingerprint density at radius 3 is 1.63 bits per heavy atom. The van der Waals surface area contributed by atoms with Crippen LogP contribution in [0.3, 0.4) is 0 Å². The van der Waals surface area contributed by atoms with Gasteiger partial charge < -0.3 is 25.9 Å². The summed E-state index contributed by atoms with van der Waals surface area (Å²) in [5.41, 5.74) is 6.37. The Bertz CT molecular complexity index is 778. The van der Waals surface area contributed by atoms with E-state index in [1.807, 2.05) is 0 Å². The average Bonchev–Trinajstić information content (AvgIpc) is 2.55. The number of rotatable bonds is 3. The number of hydrogen-bond acceptors (Lipinski definition) is 9. The molecule has 0 saturated heterocycles. The number of Topliss-reactive ketones (excluding diaryl/α,β-unsaturated/α-hetero) is 1. The maximum absolute atomic E-state index is 10.7. The second-order valence-electron chi connectivity index (χ2n) is 5.17. The van der Waals surface area contributed by atoms with Crippen molar-refractivity contribution >= 4 is 11.5 Å². The van der Waals surface area contributed by atoms with Crippen LogP contribution >= 0.6 is 0 Å². The van der Waals surface area contributed by atoms with E-state index in [1.165, 1.54) is 31.2 Å². The quantitative estimate of drug-likeness (QED) is 0.183. The Morgan fingerprint density at radius 1 is 0.889 bits per heavy atom. The fourth-order valence-corrected chi connectivity index (χ4v) is 1.87. The monoisotopic (exact) mass is 378 g/mol. The summed E-state index contributed by atoms with van der Waals surface area (Å²) in [5.74, 6) is 4.21. The number of hydrazine groups is 1. The van der Waals surface area contributed by atoms with E-state index >= 15 is 0 Å².